The number of nitrogens with zero attached hydrogens (tertiary/aromatic N) is 1. The third-order valence-electron chi connectivity index (χ3n) is 6.58. The Morgan fingerprint density at radius 1 is 0.778 bits per heavy atom. The van der Waals surface area contributed by atoms with Crippen LogP contribution in [0.1, 0.15) is 67.8 Å². The van der Waals surface area contributed by atoms with Gasteiger partial charge in [-0.15, -0.1) is 0 Å². The lowest BCUT2D eigenvalue weighted by Crippen LogP contribution is -2.00. The fourth-order valence-corrected chi connectivity index (χ4v) is 4.49. The van der Waals surface area contributed by atoms with Crippen LogP contribution < -0.4 is 4.74 Å². The lowest BCUT2D eigenvalue weighted by Gasteiger charge is -2.10. The van der Waals surface area contributed by atoms with Crippen LogP contribution in [0.5, 0.6) is 5.75 Å². The SMILES string of the molecule is CCCCCCCCCOc1ccc(-c2ccc(-c3cc(C(=O)O)c4cc(C)ccc4n3)cc2)cc1. The van der Waals surface area contributed by atoms with Crippen molar-refractivity contribution in [3.63, 3.8) is 0 Å². The van der Waals surface area contributed by atoms with E-state index in [9.17, 15) is 9.90 Å². The second-order valence-electron chi connectivity index (χ2n) is 9.45. The van der Waals surface area contributed by atoms with Crippen molar-refractivity contribution in [2.24, 2.45) is 0 Å². The van der Waals surface area contributed by atoms with Crippen LogP contribution >= 0.6 is 0 Å². The molecule has 0 bridgehead atoms. The molecular weight excluding hydrogens is 446 g/mol. The van der Waals surface area contributed by atoms with Gasteiger partial charge >= 0.3 is 5.97 Å². The van der Waals surface area contributed by atoms with Crippen molar-refractivity contribution in [3.8, 4) is 28.1 Å². The van der Waals surface area contributed by atoms with Crippen LogP contribution in [0, 0.1) is 6.92 Å². The second-order valence-corrected chi connectivity index (χ2v) is 9.45. The van der Waals surface area contributed by atoms with E-state index in [-0.39, 0.29) is 5.56 Å². The Bertz CT molecular complexity index is 1290. The zero-order valence-electron chi connectivity index (χ0n) is 21.3. The van der Waals surface area contributed by atoms with Crippen LogP contribution in [0.25, 0.3) is 33.3 Å². The van der Waals surface area contributed by atoms with Crippen LogP contribution in [-0.2, 0) is 0 Å². The van der Waals surface area contributed by atoms with Crippen molar-refractivity contribution in [1.29, 1.82) is 0 Å². The van der Waals surface area contributed by atoms with E-state index in [0.29, 0.717) is 16.6 Å². The first kappa shape index (κ1) is 25.4. The molecular formula is C32H35NO3. The van der Waals surface area contributed by atoms with E-state index in [1.807, 2.05) is 61.5 Å². The predicted octanol–water partition coefficient (Wildman–Crippen LogP) is 8.70. The predicted molar refractivity (Wildman–Crippen MR) is 148 cm³/mol. The van der Waals surface area contributed by atoms with Gasteiger partial charge in [0.05, 0.1) is 23.4 Å². The highest BCUT2D eigenvalue weighted by Gasteiger charge is 2.13. The summed E-state index contributed by atoms with van der Waals surface area (Å²) in [6, 6.07) is 23.7. The van der Waals surface area contributed by atoms with Crippen molar-refractivity contribution >= 4 is 16.9 Å². The van der Waals surface area contributed by atoms with Crippen LogP contribution in [0.4, 0.5) is 0 Å². The van der Waals surface area contributed by atoms with Gasteiger partial charge in [-0.25, -0.2) is 9.78 Å². The molecule has 1 aromatic heterocycles. The number of aryl methyl sites for hydroxylation is 1. The van der Waals surface area contributed by atoms with E-state index in [4.69, 9.17) is 9.72 Å². The Kier molecular flexibility index (Phi) is 8.72. The summed E-state index contributed by atoms with van der Waals surface area (Å²) in [7, 11) is 0. The lowest BCUT2D eigenvalue weighted by molar-refractivity contribution is 0.0699. The smallest absolute Gasteiger partial charge is 0.336 e. The Hall–Kier alpha value is -3.66. The van der Waals surface area contributed by atoms with Gasteiger partial charge in [-0.1, -0.05) is 93.5 Å². The minimum Gasteiger partial charge on any atom is -0.494 e. The molecule has 3 aromatic carbocycles. The summed E-state index contributed by atoms with van der Waals surface area (Å²) in [5.74, 6) is -0.0432. The molecule has 0 saturated carbocycles. The summed E-state index contributed by atoms with van der Waals surface area (Å²) in [4.78, 5) is 16.6. The summed E-state index contributed by atoms with van der Waals surface area (Å²) in [5.41, 5.74) is 5.72. The maximum atomic E-state index is 11.9. The van der Waals surface area contributed by atoms with Crippen molar-refractivity contribution in [2.75, 3.05) is 6.61 Å². The molecule has 0 aliphatic heterocycles. The summed E-state index contributed by atoms with van der Waals surface area (Å²) in [5, 5.41) is 10.4. The summed E-state index contributed by atoms with van der Waals surface area (Å²) in [6.45, 7) is 4.96. The molecule has 0 amide bonds. The largest absolute Gasteiger partial charge is 0.494 e. The first-order valence-electron chi connectivity index (χ1n) is 13.0. The molecule has 4 aromatic rings. The lowest BCUT2D eigenvalue weighted by atomic mass is 10.00. The number of aromatic carboxylic acids is 1. The molecule has 0 atom stereocenters. The number of hydrogen-bond donors (Lipinski definition) is 1. The first-order chi connectivity index (χ1) is 17.5. The molecule has 186 valence electrons. The maximum Gasteiger partial charge on any atom is 0.336 e. The van der Waals surface area contributed by atoms with Crippen molar-refractivity contribution < 1.29 is 14.6 Å². The van der Waals surface area contributed by atoms with Gasteiger partial charge < -0.3 is 9.84 Å². The minimum absolute atomic E-state index is 0.273. The van der Waals surface area contributed by atoms with E-state index in [2.05, 4.69) is 19.1 Å². The van der Waals surface area contributed by atoms with E-state index >= 15 is 0 Å². The monoisotopic (exact) mass is 481 g/mol. The highest BCUT2D eigenvalue weighted by molar-refractivity contribution is 6.04. The van der Waals surface area contributed by atoms with E-state index < -0.39 is 5.97 Å². The summed E-state index contributed by atoms with van der Waals surface area (Å²) < 4.78 is 5.92. The van der Waals surface area contributed by atoms with Crippen molar-refractivity contribution in [1.82, 2.24) is 4.98 Å². The van der Waals surface area contributed by atoms with Crippen molar-refractivity contribution in [3.05, 3.63) is 83.9 Å². The third kappa shape index (κ3) is 6.51. The molecule has 1 heterocycles. The Morgan fingerprint density at radius 2 is 1.39 bits per heavy atom. The molecule has 1 N–H and O–H groups in total. The Morgan fingerprint density at radius 3 is 2.06 bits per heavy atom. The number of fused-ring (bicyclic) bond motifs is 1. The number of aromatic nitrogens is 1. The molecule has 0 aliphatic carbocycles. The maximum absolute atomic E-state index is 11.9. The normalized spacial score (nSPS) is 11.1. The number of ether oxygens (including phenoxy) is 1. The highest BCUT2D eigenvalue weighted by atomic mass is 16.5. The average molecular weight is 482 g/mol. The number of carboxylic acids is 1. The summed E-state index contributed by atoms with van der Waals surface area (Å²) in [6.07, 6.45) is 8.94. The second kappa shape index (κ2) is 12.3. The molecule has 0 unspecified atom stereocenters. The molecule has 4 rings (SSSR count). The zero-order chi connectivity index (χ0) is 25.3. The highest BCUT2D eigenvalue weighted by Crippen LogP contribution is 2.29. The molecule has 0 aliphatic rings. The quantitative estimate of drug-likeness (QED) is 0.206. The standard InChI is InChI=1S/C32H35NO3/c1-3-4-5-6-7-8-9-20-36-27-17-15-25(16-18-27)24-11-13-26(14-12-24)31-22-29(32(34)35)28-21-23(2)10-19-30(28)33-31/h10-19,21-22H,3-9,20H2,1-2H3,(H,34,35). The van der Waals surface area contributed by atoms with Gasteiger partial charge in [0.25, 0.3) is 0 Å². The van der Waals surface area contributed by atoms with Gasteiger partial charge in [-0.05, 0) is 54.8 Å². The van der Waals surface area contributed by atoms with Gasteiger partial charge in [0.15, 0.2) is 0 Å². The molecule has 4 heteroatoms. The number of pyridine rings is 1. The molecule has 0 saturated heterocycles. The van der Waals surface area contributed by atoms with Crippen molar-refractivity contribution in [2.45, 2.75) is 58.8 Å². The number of hydrogen-bond acceptors (Lipinski definition) is 3. The Labute approximate surface area is 214 Å². The van der Waals surface area contributed by atoms with Gasteiger partial charge in [0.1, 0.15) is 5.75 Å². The van der Waals surface area contributed by atoms with E-state index in [0.717, 1.165) is 41.0 Å². The molecule has 0 radical (unpaired) electrons. The number of carbonyl (C=O) groups is 1. The van der Waals surface area contributed by atoms with Crippen LogP contribution in [0.3, 0.4) is 0 Å². The van der Waals surface area contributed by atoms with Crippen LogP contribution in [0.2, 0.25) is 0 Å². The van der Waals surface area contributed by atoms with Crippen LogP contribution in [-0.4, -0.2) is 22.7 Å². The van der Waals surface area contributed by atoms with Crippen LogP contribution in [0.15, 0.2) is 72.8 Å². The Balaban J connectivity index is 1.39. The molecule has 0 spiro atoms. The van der Waals surface area contributed by atoms with Gasteiger partial charge in [0.2, 0.25) is 0 Å². The minimum atomic E-state index is -0.944. The third-order valence-corrected chi connectivity index (χ3v) is 6.58. The fourth-order valence-electron chi connectivity index (χ4n) is 4.49. The molecule has 0 fully saturated rings. The molecule has 36 heavy (non-hydrogen) atoms. The summed E-state index contributed by atoms with van der Waals surface area (Å²) >= 11 is 0. The molecule has 4 nitrogen and oxygen atoms in total. The van der Waals surface area contributed by atoms with Gasteiger partial charge in [-0.3, -0.25) is 0 Å². The van der Waals surface area contributed by atoms with Gasteiger partial charge in [-0.2, -0.15) is 0 Å². The average Bonchev–Trinajstić information content (AvgIpc) is 2.90. The fraction of sp³-hybridized carbons (Fsp3) is 0.312. The van der Waals surface area contributed by atoms with E-state index in [1.54, 1.807) is 6.07 Å². The zero-order valence-corrected chi connectivity index (χ0v) is 21.3. The topological polar surface area (TPSA) is 59.4 Å². The van der Waals surface area contributed by atoms with E-state index in [1.165, 1.54) is 38.5 Å². The van der Waals surface area contributed by atoms with Gasteiger partial charge in [0, 0.05) is 10.9 Å². The first-order valence-corrected chi connectivity index (χ1v) is 13.0. The number of unbranched alkanes of at least 4 members (excludes halogenated alkanes) is 6. The number of carboxylic acid groups (broad SMARTS) is 1. The number of rotatable bonds is 12. The number of benzene rings is 3.